The van der Waals surface area contributed by atoms with Crippen LogP contribution >= 0.6 is 0 Å². The molecule has 32 heavy (non-hydrogen) atoms. The van der Waals surface area contributed by atoms with Crippen molar-refractivity contribution in [2.24, 2.45) is 7.05 Å². The van der Waals surface area contributed by atoms with Gasteiger partial charge < -0.3 is 9.88 Å². The maximum Gasteiger partial charge on any atom is 0.272 e. The number of hydrogen-bond donors (Lipinski definition) is 3. The molecule has 2 atom stereocenters. The van der Waals surface area contributed by atoms with Gasteiger partial charge in [0.05, 0.1) is 4.90 Å². The Bertz CT molecular complexity index is 1330. The molecule has 1 unspecified atom stereocenters. The summed E-state index contributed by atoms with van der Waals surface area (Å²) in [5, 5.41) is 11.6. The Kier molecular flexibility index (Phi) is 5.78. The molecule has 164 valence electrons. The van der Waals surface area contributed by atoms with Gasteiger partial charge in [-0.2, -0.15) is 9.65 Å². The molecule has 2 aromatic heterocycles. The second kappa shape index (κ2) is 8.53. The molecule has 0 saturated heterocycles. The van der Waals surface area contributed by atoms with Gasteiger partial charge in [-0.25, -0.2) is 18.7 Å². The summed E-state index contributed by atoms with van der Waals surface area (Å²) in [6.07, 6.45) is 3.19. The number of anilines is 1. The second-order valence-electron chi connectivity index (χ2n) is 7.66. The third kappa shape index (κ3) is 4.39. The zero-order valence-corrected chi connectivity index (χ0v) is 18.1. The minimum atomic E-state index is -3.34. The predicted molar refractivity (Wildman–Crippen MR) is 117 cm³/mol. The highest BCUT2D eigenvalue weighted by molar-refractivity contribution is 7.90. The van der Waals surface area contributed by atoms with Crippen LogP contribution in [0.25, 0.3) is 0 Å². The van der Waals surface area contributed by atoms with Crippen LogP contribution in [0.2, 0.25) is 0 Å². The van der Waals surface area contributed by atoms with E-state index in [4.69, 9.17) is 10.0 Å². The van der Waals surface area contributed by atoms with E-state index in [2.05, 4.69) is 15.0 Å². The summed E-state index contributed by atoms with van der Waals surface area (Å²) in [6.45, 7) is 0. The molecule has 1 aliphatic rings. The summed E-state index contributed by atoms with van der Waals surface area (Å²) in [5.41, 5.74) is 1.78. The largest absolute Gasteiger partial charge is 0.345 e. The van der Waals surface area contributed by atoms with Crippen LogP contribution in [-0.4, -0.2) is 25.7 Å². The molecule has 0 radical (unpaired) electrons. The predicted octanol–water partition coefficient (Wildman–Crippen LogP) is 3.15. The van der Waals surface area contributed by atoms with Crippen molar-refractivity contribution in [2.75, 3.05) is 5.32 Å². The van der Waals surface area contributed by atoms with Gasteiger partial charge in [0.2, 0.25) is 5.95 Å². The molecule has 0 aliphatic carbocycles. The highest BCUT2D eigenvalue weighted by Gasteiger charge is 2.31. The summed E-state index contributed by atoms with van der Waals surface area (Å²) in [7, 11) is -1.70. The Morgan fingerprint density at radius 1 is 1.41 bits per heavy atom. The van der Waals surface area contributed by atoms with Gasteiger partial charge in [0.25, 0.3) is 5.91 Å². The summed E-state index contributed by atoms with van der Waals surface area (Å²) < 4.78 is 39.9. The Balaban J connectivity index is 1.63. The number of carbonyl (C=O) groups excluding carboxylic acids is 1. The van der Waals surface area contributed by atoms with Crippen molar-refractivity contribution in [3.05, 3.63) is 77.1 Å². The standard InChI is InChI=1S/C22H21FN6O2S/c1-29-13-19-18(21(29)22(30)27-16-10-17(12-24)26-20(23)11-16)8-7-15(28-32(19,25)31)9-14-5-3-2-4-6-14/h2-6,10-11,13,15H,7-9H2,1H3,(H2,25,28,31)(H,26,27,30)/t15-,32?/m0/s1. The van der Waals surface area contributed by atoms with E-state index in [1.165, 1.54) is 16.8 Å². The molecule has 3 aromatic rings. The quantitative estimate of drug-likeness (QED) is 0.526. The van der Waals surface area contributed by atoms with E-state index in [0.717, 1.165) is 11.6 Å². The lowest BCUT2D eigenvalue weighted by molar-refractivity contribution is 0.101. The summed E-state index contributed by atoms with van der Waals surface area (Å²) in [6, 6.07) is 13.6. The molecule has 0 spiro atoms. The van der Waals surface area contributed by atoms with Crippen molar-refractivity contribution >= 4 is 21.5 Å². The number of rotatable bonds is 4. The normalized spacial score (nSPS) is 20.1. The van der Waals surface area contributed by atoms with Crippen LogP contribution in [0.1, 0.15) is 33.7 Å². The number of amides is 1. The first-order valence-corrected chi connectivity index (χ1v) is 11.5. The third-order valence-electron chi connectivity index (χ3n) is 5.34. The molecule has 3 N–H and O–H groups in total. The maximum atomic E-state index is 13.6. The highest BCUT2D eigenvalue weighted by Crippen LogP contribution is 2.29. The Morgan fingerprint density at radius 3 is 2.88 bits per heavy atom. The van der Waals surface area contributed by atoms with E-state index in [1.807, 2.05) is 30.3 Å². The summed E-state index contributed by atoms with van der Waals surface area (Å²) in [4.78, 5) is 16.7. The smallest absolute Gasteiger partial charge is 0.272 e. The minimum absolute atomic E-state index is 0.0920. The Hall–Kier alpha value is -3.55. The van der Waals surface area contributed by atoms with Gasteiger partial charge in [-0.15, -0.1) is 0 Å². The summed E-state index contributed by atoms with van der Waals surface area (Å²) >= 11 is 0. The fourth-order valence-corrected chi connectivity index (χ4v) is 5.62. The van der Waals surface area contributed by atoms with Crippen LogP contribution < -0.4 is 10.0 Å². The molecule has 0 fully saturated rings. The topological polar surface area (TPSA) is 124 Å². The van der Waals surface area contributed by atoms with Crippen LogP contribution in [-0.2, 0) is 29.8 Å². The molecule has 10 heteroatoms. The van der Waals surface area contributed by atoms with Gasteiger partial charge in [-0.05, 0) is 30.9 Å². The van der Waals surface area contributed by atoms with Crippen molar-refractivity contribution in [2.45, 2.75) is 30.2 Å². The number of benzene rings is 1. The van der Waals surface area contributed by atoms with E-state index in [9.17, 15) is 13.4 Å². The van der Waals surface area contributed by atoms with Gasteiger partial charge in [-0.3, -0.25) is 4.79 Å². The molecular weight excluding hydrogens is 431 g/mol. The molecule has 0 saturated carbocycles. The van der Waals surface area contributed by atoms with Crippen LogP contribution in [0.15, 0.2) is 53.6 Å². The first-order valence-electron chi connectivity index (χ1n) is 9.94. The number of fused-ring (bicyclic) bond motifs is 1. The average Bonchev–Trinajstić information content (AvgIpc) is 3.03. The Labute approximate surface area is 185 Å². The molecule has 1 aromatic carbocycles. The fourth-order valence-electron chi connectivity index (χ4n) is 3.97. The monoisotopic (exact) mass is 452 g/mol. The van der Waals surface area contributed by atoms with Crippen LogP contribution in [0.4, 0.5) is 10.1 Å². The van der Waals surface area contributed by atoms with E-state index >= 15 is 0 Å². The van der Waals surface area contributed by atoms with Crippen LogP contribution in [0.5, 0.6) is 0 Å². The fraction of sp³-hybridized carbons (Fsp3) is 0.227. The first-order chi connectivity index (χ1) is 15.3. The van der Waals surface area contributed by atoms with Crippen molar-refractivity contribution in [3.63, 3.8) is 0 Å². The van der Waals surface area contributed by atoms with Crippen molar-refractivity contribution in [3.8, 4) is 6.07 Å². The van der Waals surface area contributed by atoms with Gasteiger partial charge in [0.15, 0.2) is 0 Å². The lowest BCUT2D eigenvalue weighted by Gasteiger charge is -2.17. The second-order valence-corrected chi connectivity index (χ2v) is 9.45. The highest BCUT2D eigenvalue weighted by atomic mass is 32.2. The number of halogens is 1. The number of aryl methyl sites for hydroxylation is 1. The molecular formula is C22H21FN6O2S. The Morgan fingerprint density at radius 2 is 2.16 bits per heavy atom. The number of nitrogens with zero attached hydrogens (tertiary/aromatic N) is 3. The third-order valence-corrected chi connectivity index (χ3v) is 6.97. The van der Waals surface area contributed by atoms with Crippen LogP contribution in [0, 0.1) is 22.1 Å². The number of carbonyl (C=O) groups is 1. The van der Waals surface area contributed by atoms with Crippen LogP contribution in [0.3, 0.4) is 0 Å². The van der Waals surface area contributed by atoms with E-state index in [1.54, 1.807) is 13.1 Å². The zero-order valence-electron chi connectivity index (χ0n) is 17.3. The SMILES string of the molecule is Cn1cc2c(c1C(=O)Nc1cc(F)nc(C#N)c1)CC[C@@H](Cc1ccccc1)NS2(=N)=O. The lowest BCUT2D eigenvalue weighted by atomic mass is 9.99. The average molecular weight is 453 g/mol. The lowest BCUT2D eigenvalue weighted by Crippen LogP contribution is -2.34. The van der Waals surface area contributed by atoms with Gasteiger partial charge in [-0.1, -0.05) is 30.3 Å². The molecule has 0 bridgehead atoms. The van der Waals surface area contributed by atoms with E-state index < -0.39 is 21.8 Å². The van der Waals surface area contributed by atoms with Crippen molar-refractivity contribution < 1.29 is 13.4 Å². The number of nitrogens with one attached hydrogen (secondary N) is 3. The van der Waals surface area contributed by atoms with Gasteiger partial charge in [0.1, 0.15) is 27.4 Å². The number of aromatic nitrogens is 2. The van der Waals surface area contributed by atoms with E-state index in [-0.39, 0.29) is 28.0 Å². The maximum absolute atomic E-state index is 13.6. The van der Waals surface area contributed by atoms with Gasteiger partial charge >= 0.3 is 0 Å². The number of nitriles is 1. The number of hydrogen-bond acceptors (Lipinski definition) is 5. The first kappa shape index (κ1) is 21.7. The minimum Gasteiger partial charge on any atom is -0.345 e. The molecule has 1 aliphatic heterocycles. The molecule has 1 amide bonds. The number of pyridine rings is 1. The van der Waals surface area contributed by atoms with Gasteiger partial charge in [0, 0.05) is 36.6 Å². The van der Waals surface area contributed by atoms with E-state index in [0.29, 0.717) is 24.8 Å². The molecule has 3 heterocycles. The van der Waals surface area contributed by atoms with Crippen molar-refractivity contribution in [1.29, 1.82) is 10.0 Å². The summed E-state index contributed by atoms with van der Waals surface area (Å²) in [5.74, 6) is -1.42. The molecule has 4 rings (SSSR count). The zero-order chi connectivity index (χ0) is 22.9. The molecule has 8 nitrogen and oxygen atoms in total. The van der Waals surface area contributed by atoms with Crippen molar-refractivity contribution in [1.82, 2.24) is 14.3 Å².